The second-order valence-electron chi connectivity index (χ2n) is 30.2. The summed E-state index contributed by atoms with van der Waals surface area (Å²) in [5, 5.41) is 14.2. The van der Waals surface area contributed by atoms with Crippen LogP contribution < -0.4 is 47.6 Å². The van der Waals surface area contributed by atoms with Crippen LogP contribution in [0, 0.1) is 48.5 Å². The minimum Gasteiger partial charge on any atom is -0.453 e. The second-order valence-corrected chi connectivity index (χ2v) is 30.2. The average Bonchev–Trinajstić information content (AvgIpc) is 1.79. The molecule has 115 heavy (non-hydrogen) atoms. The van der Waals surface area contributed by atoms with Crippen LogP contribution in [0.15, 0.2) is 191 Å². The summed E-state index contributed by atoms with van der Waals surface area (Å²) < 4.78 is 26.1. The van der Waals surface area contributed by atoms with Gasteiger partial charge in [-0.2, -0.15) is 5.10 Å². The molecule has 1 atom stereocenters. The van der Waals surface area contributed by atoms with E-state index in [0.717, 1.165) is 199 Å². The fraction of sp³-hybridized carbons (Fsp3) is 0.299. The highest BCUT2D eigenvalue weighted by atomic mass is 16.3. The van der Waals surface area contributed by atoms with Crippen LogP contribution in [0.4, 0.5) is 17.1 Å². The maximum atomic E-state index is 12.8. The Morgan fingerprint density at radius 3 is 1.36 bits per heavy atom. The Hall–Kier alpha value is -12.9. The van der Waals surface area contributed by atoms with E-state index in [2.05, 4.69) is 113 Å². The van der Waals surface area contributed by atoms with Crippen molar-refractivity contribution in [3.63, 3.8) is 0 Å². The summed E-state index contributed by atoms with van der Waals surface area (Å²) >= 11 is 0. The molecule has 20 heterocycles. The number of aromatic nitrogens is 14. The van der Waals surface area contributed by atoms with Crippen molar-refractivity contribution in [1.82, 2.24) is 87.5 Å². The maximum absolute atomic E-state index is 12.8. The van der Waals surface area contributed by atoms with Crippen molar-refractivity contribution in [2.24, 2.45) is 0 Å². The van der Waals surface area contributed by atoms with Crippen LogP contribution in [-0.2, 0) is 0 Å². The summed E-state index contributed by atoms with van der Waals surface area (Å²) in [6.45, 7) is 31.4. The van der Waals surface area contributed by atoms with Crippen molar-refractivity contribution < 1.29 is 13.3 Å². The summed E-state index contributed by atoms with van der Waals surface area (Å²) in [5.74, 6) is 1.74. The van der Waals surface area contributed by atoms with E-state index in [1.165, 1.54) is 23.8 Å². The van der Waals surface area contributed by atoms with Crippen LogP contribution in [-0.4, -0.2) is 182 Å². The third-order valence-corrected chi connectivity index (χ3v) is 21.7. The first-order valence-corrected chi connectivity index (χ1v) is 39.0. The molecule has 3 fully saturated rings. The molecule has 28 heteroatoms. The molecule has 28 nitrogen and oxygen atoms in total. The van der Waals surface area contributed by atoms with Gasteiger partial charge < -0.3 is 43.5 Å². The molecule has 0 amide bonds. The van der Waals surface area contributed by atoms with Crippen LogP contribution in [0.5, 0.6) is 0 Å². The predicted molar refractivity (Wildman–Crippen MR) is 449 cm³/mol. The van der Waals surface area contributed by atoms with Gasteiger partial charge in [0.15, 0.2) is 34.0 Å². The molecule has 4 aliphatic rings. The van der Waals surface area contributed by atoms with Crippen LogP contribution in [0.3, 0.4) is 0 Å². The minimum absolute atomic E-state index is 0.107. The number of piperazine rings is 3. The Bertz CT molecular complexity index is 6750. The lowest BCUT2D eigenvalue weighted by Gasteiger charge is -2.34. The van der Waals surface area contributed by atoms with Gasteiger partial charge in [0.1, 0.15) is 45.4 Å². The lowest BCUT2D eigenvalue weighted by Crippen LogP contribution is -2.49. The number of rotatable bonds is 9. The topological polar surface area (TPSA) is 286 Å². The Labute approximate surface area is 660 Å². The van der Waals surface area contributed by atoms with Gasteiger partial charge >= 0.3 is 0 Å². The summed E-state index contributed by atoms with van der Waals surface area (Å²) in [5.41, 5.74) is 19.5. The largest absolute Gasteiger partial charge is 0.453 e. The Kier molecular flexibility index (Phi) is 20.3. The molecule has 4 aliphatic heterocycles. The van der Waals surface area contributed by atoms with Crippen molar-refractivity contribution in [1.29, 1.82) is 0 Å². The van der Waals surface area contributed by atoms with E-state index in [1.807, 2.05) is 164 Å². The van der Waals surface area contributed by atoms with Gasteiger partial charge in [-0.3, -0.25) is 61.6 Å². The van der Waals surface area contributed by atoms with E-state index in [1.54, 1.807) is 34.4 Å². The lowest BCUT2D eigenvalue weighted by molar-refractivity contribution is 0.313. The number of hydrogen-bond acceptors (Lipinski definition) is 23. The van der Waals surface area contributed by atoms with Gasteiger partial charge in [0, 0.05) is 173 Å². The number of furan rings is 3. The smallest absolute Gasteiger partial charge is 0.258 e. The van der Waals surface area contributed by atoms with Gasteiger partial charge in [-0.05, 0) is 178 Å². The number of hydrogen-bond donors (Lipinski definition) is 2. The first-order chi connectivity index (χ1) is 55.6. The second kappa shape index (κ2) is 31.2. The van der Waals surface area contributed by atoms with E-state index in [-0.39, 0.29) is 22.2 Å². The molecule has 0 radical (unpaired) electrons. The number of anilines is 3. The number of likely N-dealkylation sites (N-methyl/N-ethyl adjacent to an activating group) is 2. The van der Waals surface area contributed by atoms with E-state index < -0.39 is 0 Å². The van der Waals surface area contributed by atoms with Crippen molar-refractivity contribution in [3.05, 3.63) is 245 Å². The highest BCUT2D eigenvalue weighted by Gasteiger charge is 2.23. The molecule has 16 aromatic heterocycles. The first kappa shape index (κ1) is 74.8. The maximum Gasteiger partial charge on any atom is 0.258 e. The third kappa shape index (κ3) is 15.6. The van der Waals surface area contributed by atoms with Gasteiger partial charge in [-0.15, -0.1) is 0 Å². The number of nitrogens with zero attached hydrogens (tertiary/aromatic N) is 19. The molecule has 20 rings (SSSR count). The van der Waals surface area contributed by atoms with Crippen LogP contribution in [0.2, 0.25) is 0 Å². The van der Waals surface area contributed by atoms with Crippen molar-refractivity contribution in [2.75, 3.05) is 113 Å². The van der Waals surface area contributed by atoms with Gasteiger partial charge in [0.2, 0.25) is 0 Å². The Balaban J connectivity index is 0.000000111. The van der Waals surface area contributed by atoms with Crippen LogP contribution >= 0.6 is 0 Å². The molecule has 584 valence electrons. The summed E-state index contributed by atoms with van der Waals surface area (Å²) in [7, 11) is 2.13. The van der Waals surface area contributed by atoms with Gasteiger partial charge in [0.05, 0.1) is 63.4 Å². The lowest BCUT2D eigenvalue weighted by atomic mass is 10.0. The quantitative estimate of drug-likeness (QED) is 0.136. The third-order valence-electron chi connectivity index (χ3n) is 21.7. The van der Waals surface area contributed by atoms with Gasteiger partial charge in [0.25, 0.3) is 22.2 Å². The van der Waals surface area contributed by atoms with Crippen LogP contribution in [0.1, 0.15) is 65.7 Å². The van der Waals surface area contributed by atoms with E-state index in [4.69, 9.17) is 13.3 Å². The Morgan fingerprint density at radius 1 is 0.443 bits per heavy atom. The average molecular weight is 1540 g/mol. The molecule has 0 spiro atoms. The SMILES string of the molecule is CCN1CC=C(c2ccc3nc(-c4cc5cnc(C)cn5n4)cc(=O)n3c2)CC1.Cc1cc2cc(-c3cc(=O)n4cc(N5CCN(C)CC5)ccc4n3)oc2c(C)n1.Cc1cc2cc(-c3cc(=O)n4cc(N5CCNCC5)ccc4n3)oc2c(C)n1.Cc1cc2cc(-c3cc(=O)n4cc(N5CCN[C@@H](C)C5)ccc4n3)oc2c(C)n1. The number of nitrogens with one attached hydrogen (secondary N) is 2. The number of fused-ring (bicyclic) bond motifs is 8. The van der Waals surface area contributed by atoms with E-state index in [0.29, 0.717) is 74.4 Å². The molecule has 3 saturated heterocycles. The molecule has 16 aromatic rings. The Morgan fingerprint density at radius 2 is 0.887 bits per heavy atom. The monoisotopic (exact) mass is 1540 g/mol. The number of aryl methyl sites for hydroxylation is 7. The van der Waals surface area contributed by atoms with Crippen LogP contribution in [0.25, 0.3) is 112 Å². The van der Waals surface area contributed by atoms with Crippen molar-refractivity contribution in [2.45, 2.75) is 74.8 Å². The zero-order valence-electron chi connectivity index (χ0n) is 66.0. The molecule has 0 aliphatic carbocycles. The predicted octanol–water partition coefficient (Wildman–Crippen LogP) is 11.1. The minimum atomic E-state index is -0.124. The summed E-state index contributed by atoms with van der Waals surface area (Å²) in [6, 6.07) is 35.9. The highest BCUT2D eigenvalue weighted by molar-refractivity contribution is 5.86. The number of pyridine rings is 7. The molecule has 0 unspecified atom stereocenters. The summed E-state index contributed by atoms with van der Waals surface area (Å²) in [4.78, 5) is 99.2. The normalized spacial score (nSPS) is 15.7. The zero-order chi connectivity index (χ0) is 79.4. The molecule has 2 N–H and O–H groups in total. The molecule has 0 aromatic carbocycles. The molecular formula is C87H89N21O7. The van der Waals surface area contributed by atoms with E-state index >= 15 is 0 Å². The van der Waals surface area contributed by atoms with Crippen molar-refractivity contribution >= 4 is 83.6 Å². The zero-order valence-corrected chi connectivity index (χ0v) is 66.0. The molecular weight excluding hydrogens is 1450 g/mol. The van der Waals surface area contributed by atoms with Crippen molar-refractivity contribution in [3.8, 4) is 45.8 Å². The van der Waals surface area contributed by atoms with Gasteiger partial charge in [-0.25, -0.2) is 24.5 Å². The summed E-state index contributed by atoms with van der Waals surface area (Å²) in [6.07, 6.45) is 14.4. The standard InChI is InChI=1S/C22H22N6O.2C22H23N5O2.C21H21N5O2/c1-3-26-8-6-16(7-9-26)17-4-5-21-24-19(11-22(29)27(21)14-17)20-10-18-12-23-15(2)13-28(18)25-20;1-14-10-16-11-19(29-22(16)15(2)23-14)18-12-21(28)27-13-17(4-5-20(27)24-18)26-8-6-25(3)7-9-26;1-13-8-16-9-19(29-22(16)15(3)24-13)18-10-21(28)27-12-17(4-5-20(27)25-18)26-7-6-23-14(2)11-26;1-13-9-15-10-18(28-21(15)14(2)23-13)17-11-20(27)26-12-16(3-4-19(26)24-17)25-7-5-22-6-8-25/h4-6,10-14H,3,7-9H2,1-2H3;4-5,10-13H,6-9H2,1-3H3;4-5,8-10,12,14,23H,6-7,11H2,1-3H3;3-4,9-12,22H,5-8H2,1-2H3/t;;14-;/m..0./s1. The fourth-order valence-corrected chi connectivity index (χ4v) is 15.6. The van der Waals surface area contributed by atoms with E-state index in [9.17, 15) is 19.2 Å². The fourth-order valence-electron chi connectivity index (χ4n) is 15.6. The first-order valence-electron chi connectivity index (χ1n) is 39.0. The molecule has 0 saturated carbocycles. The molecule has 0 bridgehead atoms. The van der Waals surface area contributed by atoms with Gasteiger partial charge in [-0.1, -0.05) is 13.0 Å². The highest BCUT2D eigenvalue weighted by Crippen LogP contribution is 2.33.